The highest BCUT2D eigenvalue weighted by Gasteiger charge is 2.47. The molecule has 0 spiro atoms. The quantitative estimate of drug-likeness (QED) is 0.800. The number of imidazole rings is 1. The van der Waals surface area contributed by atoms with Crippen LogP contribution in [0.2, 0.25) is 0 Å². The van der Waals surface area contributed by atoms with E-state index in [9.17, 15) is 4.79 Å². The minimum atomic E-state index is -0.490. The molecule has 17 heavy (non-hydrogen) atoms. The zero-order valence-corrected chi connectivity index (χ0v) is 9.80. The van der Waals surface area contributed by atoms with Gasteiger partial charge in [-0.2, -0.15) is 0 Å². The molecule has 0 aliphatic heterocycles. The average Bonchev–Trinajstić information content (AvgIpc) is 2.83. The molecule has 92 valence electrons. The van der Waals surface area contributed by atoms with Crippen LogP contribution in [0.1, 0.15) is 38.1 Å². The van der Waals surface area contributed by atoms with Gasteiger partial charge in [0.15, 0.2) is 0 Å². The first-order valence-corrected chi connectivity index (χ1v) is 6.25. The predicted molar refractivity (Wildman–Crippen MR) is 63.2 cm³/mol. The molecule has 0 saturated heterocycles. The summed E-state index contributed by atoms with van der Waals surface area (Å²) in [6.45, 7) is 0. The van der Waals surface area contributed by atoms with Gasteiger partial charge < -0.3 is 15.6 Å². The number of carbonyl (C=O) groups is 1. The van der Waals surface area contributed by atoms with Crippen molar-refractivity contribution in [1.82, 2.24) is 14.9 Å². The Hall–Kier alpha value is -1.36. The monoisotopic (exact) mass is 234 g/mol. The van der Waals surface area contributed by atoms with Crippen molar-refractivity contribution in [2.24, 2.45) is 5.73 Å². The highest BCUT2D eigenvalue weighted by molar-refractivity contribution is 5.85. The Labute approximate surface area is 100 Å². The van der Waals surface area contributed by atoms with Gasteiger partial charge in [0.05, 0.1) is 11.9 Å². The maximum absolute atomic E-state index is 11.7. The number of nitrogens with one attached hydrogen (secondary N) is 1. The molecule has 2 unspecified atom stereocenters. The molecule has 2 aliphatic carbocycles. The largest absolute Gasteiger partial charge is 0.368 e. The molecule has 1 amide bonds. The Bertz CT molecular complexity index is 412. The third-order valence-electron chi connectivity index (χ3n) is 3.96. The van der Waals surface area contributed by atoms with Crippen LogP contribution in [0.25, 0.3) is 0 Å². The second kappa shape index (κ2) is 3.84. The molecule has 2 atom stereocenters. The van der Waals surface area contributed by atoms with Crippen molar-refractivity contribution in [3.8, 4) is 0 Å². The maximum Gasteiger partial charge on any atom is 0.237 e. The first-order chi connectivity index (χ1) is 8.20. The summed E-state index contributed by atoms with van der Waals surface area (Å²) < 4.78 is 2.08. The molecule has 0 bridgehead atoms. The number of nitrogens with zero attached hydrogens (tertiary/aromatic N) is 2. The Morgan fingerprint density at radius 1 is 1.47 bits per heavy atom. The minimum Gasteiger partial charge on any atom is -0.368 e. The molecule has 2 saturated carbocycles. The van der Waals surface area contributed by atoms with E-state index in [1.165, 1.54) is 12.8 Å². The van der Waals surface area contributed by atoms with E-state index < -0.39 is 5.54 Å². The summed E-state index contributed by atoms with van der Waals surface area (Å²) in [4.78, 5) is 15.8. The van der Waals surface area contributed by atoms with Gasteiger partial charge in [-0.3, -0.25) is 4.79 Å². The van der Waals surface area contributed by atoms with Crippen LogP contribution in [0.3, 0.4) is 0 Å². The molecule has 3 N–H and O–H groups in total. The van der Waals surface area contributed by atoms with Crippen LogP contribution in [-0.2, 0) is 4.79 Å². The fourth-order valence-electron chi connectivity index (χ4n) is 2.80. The van der Waals surface area contributed by atoms with E-state index in [4.69, 9.17) is 5.73 Å². The number of amides is 1. The van der Waals surface area contributed by atoms with E-state index in [2.05, 4.69) is 14.9 Å². The third kappa shape index (κ3) is 1.95. The second-order valence-corrected chi connectivity index (χ2v) is 5.27. The van der Waals surface area contributed by atoms with Gasteiger partial charge in [-0.25, -0.2) is 4.98 Å². The summed E-state index contributed by atoms with van der Waals surface area (Å²) >= 11 is 0. The zero-order chi connectivity index (χ0) is 11.9. The van der Waals surface area contributed by atoms with Gasteiger partial charge in [-0.05, 0) is 32.1 Å². The smallest absolute Gasteiger partial charge is 0.237 e. The van der Waals surface area contributed by atoms with Crippen LogP contribution in [0, 0.1) is 0 Å². The lowest BCUT2D eigenvalue weighted by Crippen LogP contribution is -2.54. The molecular formula is C12H18N4O. The lowest BCUT2D eigenvalue weighted by molar-refractivity contribution is -0.124. The standard InChI is InChI=1S/C12H18N4O/c13-11(17)12(15-9-1-2-9)4-3-10(7-12)16-6-5-14-8-16/h5-6,8-10,15H,1-4,7H2,(H2,13,17). The van der Waals surface area contributed by atoms with Gasteiger partial charge in [0.2, 0.25) is 5.91 Å². The SMILES string of the molecule is NC(=O)C1(NC2CC2)CCC(n2ccnc2)C1. The number of hydrogen-bond donors (Lipinski definition) is 2. The van der Waals surface area contributed by atoms with Crippen LogP contribution in [-0.4, -0.2) is 27.0 Å². The fraction of sp³-hybridized carbons (Fsp3) is 0.667. The molecule has 5 nitrogen and oxygen atoms in total. The highest BCUT2D eigenvalue weighted by Crippen LogP contribution is 2.39. The van der Waals surface area contributed by atoms with Crippen molar-refractivity contribution in [3.05, 3.63) is 18.7 Å². The molecular weight excluding hydrogens is 216 g/mol. The van der Waals surface area contributed by atoms with Gasteiger partial charge in [-0.15, -0.1) is 0 Å². The number of nitrogens with two attached hydrogens (primary N) is 1. The molecule has 5 heteroatoms. The number of carbonyl (C=O) groups excluding carboxylic acids is 1. The topological polar surface area (TPSA) is 72.9 Å². The first kappa shape index (κ1) is 10.8. The molecule has 1 aromatic rings. The molecule has 0 radical (unpaired) electrons. The summed E-state index contributed by atoms with van der Waals surface area (Å²) in [6, 6.07) is 0.847. The van der Waals surface area contributed by atoms with E-state index in [0.29, 0.717) is 12.1 Å². The maximum atomic E-state index is 11.7. The number of hydrogen-bond acceptors (Lipinski definition) is 3. The van der Waals surface area contributed by atoms with Crippen molar-refractivity contribution in [1.29, 1.82) is 0 Å². The third-order valence-corrected chi connectivity index (χ3v) is 3.96. The zero-order valence-electron chi connectivity index (χ0n) is 9.80. The van der Waals surface area contributed by atoms with Crippen molar-refractivity contribution in [2.45, 2.75) is 49.7 Å². The minimum absolute atomic E-state index is 0.202. The molecule has 3 rings (SSSR count). The summed E-state index contributed by atoms with van der Waals surface area (Å²) in [5, 5.41) is 3.45. The van der Waals surface area contributed by atoms with Crippen LogP contribution < -0.4 is 11.1 Å². The van der Waals surface area contributed by atoms with Crippen molar-refractivity contribution < 1.29 is 4.79 Å². The average molecular weight is 234 g/mol. The predicted octanol–water partition coefficient (Wildman–Crippen LogP) is 0.584. The summed E-state index contributed by atoms with van der Waals surface area (Å²) in [6.07, 6.45) is 10.5. The van der Waals surface area contributed by atoms with Crippen LogP contribution in [0.4, 0.5) is 0 Å². The molecule has 1 aromatic heterocycles. The van der Waals surface area contributed by atoms with Crippen molar-refractivity contribution >= 4 is 5.91 Å². The fourth-order valence-corrected chi connectivity index (χ4v) is 2.80. The number of primary amides is 1. The Morgan fingerprint density at radius 2 is 2.29 bits per heavy atom. The highest BCUT2D eigenvalue weighted by atomic mass is 16.1. The lowest BCUT2D eigenvalue weighted by Gasteiger charge is -2.27. The summed E-state index contributed by atoms with van der Waals surface area (Å²) in [5.74, 6) is -0.202. The van der Waals surface area contributed by atoms with Crippen LogP contribution in [0.15, 0.2) is 18.7 Å². The number of rotatable bonds is 4. The molecule has 2 fully saturated rings. The summed E-state index contributed by atoms with van der Waals surface area (Å²) in [7, 11) is 0. The van der Waals surface area contributed by atoms with Crippen LogP contribution >= 0.6 is 0 Å². The van der Waals surface area contributed by atoms with E-state index in [-0.39, 0.29) is 5.91 Å². The normalized spacial score (nSPS) is 32.8. The first-order valence-electron chi connectivity index (χ1n) is 6.25. The van der Waals surface area contributed by atoms with E-state index in [1.807, 2.05) is 12.5 Å². The van der Waals surface area contributed by atoms with E-state index in [1.54, 1.807) is 6.20 Å². The van der Waals surface area contributed by atoms with Crippen molar-refractivity contribution in [2.75, 3.05) is 0 Å². The van der Waals surface area contributed by atoms with Gasteiger partial charge in [0.25, 0.3) is 0 Å². The van der Waals surface area contributed by atoms with Crippen molar-refractivity contribution in [3.63, 3.8) is 0 Å². The Balaban J connectivity index is 1.76. The van der Waals surface area contributed by atoms with Gasteiger partial charge in [0, 0.05) is 24.5 Å². The molecule has 2 aliphatic rings. The van der Waals surface area contributed by atoms with E-state index in [0.717, 1.165) is 19.3 Å². The summed E-state index contributed by atoms with van der Waals surface area (Å²) in [5.41, 5.74) is 5.11. The van der Waals surface area contributed by atoms with Crippen LogP contribution in [0.5, 0.6) is 0 Å². The molecule has 0 aromatic carbocycles. The van der Waals surface area contributed by atoms with Gasteiger partial charge in [-0.1, -0.05) is 0 Å². The lowest BCUT2D eigenvalue weighted by atomic mass is 9.96. The number of aromatic nitrogens is 2. The second-order valence-electron chi connectivity index (χ2n) is 5.27. The van der Waals surface area contributed by atoms with E-state index >= 15 is 0 Å². The van der Waals surface area contributed by atoms with Gasteiger partial charge in [0.1, 0.15) is 0 Å². The Kier molecular flexibility index (Phi) is 2.43. The van der Waals surface area contributed by atoms with Gasteiger partial charge >= 0.3 is 0 Å². The molecule has 1 heterocycles. The Morgan fingerprint density at radius 3 is 2.88 bits per heavy atom.